The number of hydrogen-bond donors (Lipinski definition) is 2. The van der Waals surface area contributed by atoms with Crippen LogP contribution >= 0.6 is 0 Å². The van der Waals surface area contributed by atoms with Crippen LogP contribution in [0.1, 0.15) is 24.8 Å². The van der Waals surface area contributed by atoms with E-state index in [1.165, 1.54) is 37.9 Å². The molecule has 2 N–H and O–H groups in total. The lowest BCUT2D eigenvalue weighted by molar-refractivity contribution is 0.220. The van der Waals surface area contributed by atoms with Crippen molar-refractivity contribution in [2.75, 3.05) is 13.1 Å². The minimum absolute atomic E-state index is 0.747. The van der Waals surface area contributed by atoms with Crippen molar-refractivity contribution in [3.05, 3.63) is 79.1 Å². The zero-order chi connectivity index (χ0) is 24.6. The van der Waals surface area contributed by atoms with Crippen molar-refractivity contribution in [2.24, 2.45) is 0 Å². The molecular weight excluding hydrogens is 460 g/mol. The van der Waals surface area contributed by atoms with Crippen LogP contribution in [0.3, 0.4) is 0 Å². The zero-order valence-corrected chi connectivity index (χ0v) is 20.4. The van der Waals surface area contributed by atoms with Crippen molar-refractivity contribution in [2.45, 2.75) is 25.8 Å². The third kappa shape index (κ3) is 4.15. The highest BCUT2D eigenvalue weighted by Crippen LogP contribution is 2.34. The van der Waals surface area contributed by atoms with Crippen molar-refractivity contribution >= 4 is 22.1 Å². The number of H-pyrrole nitrogens is 2. The second-order valence-corrected chi connectivity index (χ2v) is 9.65. The minimum atomic E-state index is 0.747. The van der Waals surface area contributed by atoms with Crippen LogP contribution in [0.5, 0.6) is 0 Å². The van der Waals surface area contributed by atoms with Gasteiger partial charge in [0.2, 0.25) is 0 Å². The minimum Gasteiger partial charge on any atom is -0.338 e. The van der Waals surface area contributed by atoms with Crippen LogP contribution in [0, 0.1) is 0 Å². The summed E-state index contributed by atoms with van der Waals surface area (Å²) < 4.78 is 0. The van der Waals surface area contributed by atoms with Gasteiger partial charge in [0.15, 0.2) is 5.65 Å². The molecule has 182 valence electrons. The average Bonchev–Trinajstić information content (AvgIpc) is 3.58. The maximum absolute atomic E-state index is 4.68. The molecule has 37 heavy (non-hydrogen) atoms. The van der Waals surface area contributed by atoms with Gasteiger partial charge < -0.3 is 4.98 Å². The first-order valence-corrected chi connectivity index (χ1v) is 12.7. The first-order valence-electron chi connectivity index (χ1n) is 12.7. The molecule has 1 aliphatic heterocycles. The summed E-state index contributed by atoms with van der Waals surface area (Å²) in [5.74, 6) is 0. The SMILES string of the molecule is c1cc(-c2ccnc3[nH]c(-c4n[nH]c5ncc(-c6cncc(CN7CCCCC7)c6)cc45)cc23)ccn1. The highest BCUT2D eigenvalue weighted by Gasteiger charge is 2.16. The molecule has 1 saturated heterocycles. The molecule has 7 rings (SSSR count). The summed E-state index contributed by atoms with van der Waals surface area (Å²) in [7, 11) is 0. The summed E-state index contributed by atoms with van der Waals surface area (Å²) in [4.78, 5) is 23.9. The molecule has 0 atom stereocenters. The molecule has 1 aliphatic rings. The van der Waals surface area contributed by atoms with Crippen LogP contribution in [0.4, 0.5) is 0 Å². The van der Waals surface area contributed by atoms with E-state index in [9.17, 15) is 0 Å². The maximum atomic E-state index is 4.68. The Hall–Kier alpha value is -4.43. The summed E-state index contributed by atoms with van der Waals surface area (Å²) in [5, 5.41) is 9.70. The molecule has 0 saturated carbocycles. The normalized spacial score (nSPS) is 14.5. The molecule has 1 fully saturated rings. The fraction of sp³-hybridized carbons (Fsp3) is 0.207. The van der Waals surface area contributed by atoms with Crippen molar-refractivity contribution < 1.29 is 0 Å². The summed E-state index contributed by atoms with van der Waals surface area (Å²) in [6, 6.07) is 12.5. The molecule has 6 aromatic rings. The van der Waals surface area contributed by atoms with E-state index in [1.807, 2.05) is 43.0 Å². The van der Waals surface area contributed by atoms with Gasteiger partial charge in [0, 0.05) is 65.6 Å². The molecule has 6 aromatic heterocycles. The predicted octanol–water partition coefficient (Wildman–Crippen LogP) is 5.61. The van der Waals surface area contributed by atoms with Gasteiger partial charge in [0.25, 0.3) is 0 Å². The average molecular weight is 487 g/mol. The van der Waals surface area contributed by atoms with Crippen LogP contribution in [-0.4, -0.2) is 53.1 Å². The summed E-state index contributed by atoms with van der Waals surface area (Å²) >= 11 is 0. The topological polar surface area (TPSA) is 99.3 Å². The lowest BCUT2D eigenvalue weighted by Crippen LogP contribution is -2.29. The van der Waals surface area contributed by atoms with E-state index in [4.69, 9.17) is 0 Å². The largest absolute Gasteiger partial charge is 0.338 e. The third-order valence-corrected chi connectivity index (χ3v) is 7.18. The van der Waals surface area contributed by atoms with Gasteiger partial charge in [-0.15, -0.1) is 0 Å². The van der Waals surface area contributed by atoms with E-state index in [1.54, 1.807) is 12.4 Å². The fourth-order valence-corrected chi connectivity index (χ4v) is 5.31. The lowest BCUT2D eigenvalue weighted by Gasteiger charge is -2.26. The summed E-state index contributed by atoms with van der Waals surface area (Å²) in [6.07, 6.45) is 15.1. The number of likely N-dealkylation sites (tertiary alicyclic amines) is 1. The van der Waals surface area contributed by atoms with E-state index in [-0.39, 0.29) is 0 Å². The van der Waals surface area contributed by atoms with Gasteiger partial charge >= 0.3 is 0 Å². The Morgan fingerprint density at radius 1 is 0.730 bits per heavy atom. The first kappa shape index (κ1) is 21.8. The monoisotopic (exact) mass is 486 g/mol. The van der Waals surface area contributed by atoms with E-state index in [0.29, 0.717) is 0 Å². The van der Waals surface area contributed by atoms with Crippen molar-refractivity contribution in [3.63, 3.8) is 0 Å². The van der Waals surface area contributed by atoms with Gasteiger partial charge in [-0.3, -0.25) is 20.0 Å². The van der Waals surface area contributed by atoms with Gasteiger partial charge in [-0.2, -0.15) is 5.10 Å². The van der Waals surface area contributed by atoms with Crippen molar-refractivity contribution in [3.8, 4) is 33.6 Å². The Kier molecular flexibility index (Phi) is 5.44. The van der Waals surface area contributed by atoms with Crippen molar-refractivity contribution in [1.82, 2.24) is 40.0 Å². The van der Waals surface area contributed by atoms with Gasteiger partial charge in [-0.25, -0.2) is 9.97 Å². The highest BCUT2D eigenvalue weighted by molar-refractivity contribution is 5.99. The Morgan fingerprint density at radius 3 is 2.49 bits per heavy atom. The summed E-state index contributed by atoms with van der Waals surface area (Å²) in [6.45, 7) is 3.27. The van der Waals surface area contributed by atoms with Crippen LogP contribution in [0.15, 0.2) is 73.6 Å². The Labute approximate surface area is 213 Å². The zero-order valence-electron chi connectivity index (χ0n) is 20.4. The molecule has 0 spiro atoms. The lowest BCUT2D eigenvalue weighted by atomic mass is 10.0. The number of hydrogen-bond acceptors (Lipinski definition) is 6. The van der Waals surface area contributed by atoms with Crippen molar-refractivity contribution in [1.29, 1.82) is 0 Å². The van der Waals surface area contributed by atoms with E-state index in [2.05, 4.69) is 58.2 Å². The Bertz CT molecular complexity index is 1700. The number of pyridine rings is 4. The second kappa shape index (κ2) is 9.22. The Balaban J connectivity index is 1.26. The summed E-state index contributed by atoms with van der Waals surface area (Å²) in [5.41, 5.74) is 8.80. The van der Waals surface area contributed by atoms with E-state index < -0.39 is 0 Å². The van der Waals surface area contributed by atoms with E-state index >= 15 is 0 Å². The van der Waals surface area contributed by atoms with Gasteiger partial charge in [-0.1, -0.05) is 6.42 Å². The first-order chi connectivity index (χ1) is 18.3. The molecule has 8 heteroatoms. The highest BCUT2D eigenvalue weighted by atomic mass is 15.2. The number of nitrogens with zero attached hydrogens (tertiary/aromatic N) is 6. The molecule has 0 radical (unpaired) electrons. The number of aromatic amines is 2. The van der Waals surface area contributed by atoms with Crippen LogP contribution in [0.25, 0.3) is 55.7 Å². The Morgan fingerprint density at radius 2 is 1.59 bits per heavy atom. The number of nitrogens with one attached hydrogen (secondary N) is 2. The van der Waals surface area contributed by atoms with Gasteiger partial charge in [0.1, 0.15) is 11.3 Å². The number of fused-ring (bicyclic) bond motifs is 2. The molecule has 0 bridgehead atoms. The molecule has 0 aliphatic carbocycles. The number of rotatable bonds is 5. The smallest absolute Gasteiger partial charge is 0.155 e. The fourth-order valence-electron chi connectivity index (χ4n) is 5.31. The quantitative estimate of drug-likeness (QED) is 0.329. The standard InChI is InChI=1S/C29H26N8/c1-2-10-37(11-3-1)18-19-12-21(16-31-15-19)22-13-25-27(35-36-29(25)33-17-22)26-14-24-23(6-9-32-28(24)34-26)20-4-7-30-8-5-20/h4-9,12-17H,1-3,10-11,18H2,(H,32,34)(H,33,35,36). The molecular formula is C29H26N8. The molecule has 0 amide bonds. The third-order valence-electron chi connectivity index (χ3n) is 7.18. The second-order valence-electron chi connectivity index (χ2n) is 9.65. The molecule has 7 heterocycles. The van der Waals surface area contributed by atoms with Gasteiger partial charge in [-0.05, 0) is 79.0 Å². The van der Waals surface area contributed by atoms with Crippen LogP contribution in [0.2, 0.25) is 0 Å². The molecule has 8 nitrogen and oxygen atoms in total. The van der Waals surface area contributed by atoms with E-state index in [0.717, 1.165) is 62.3 Å². The van der Waals surface area contributed by atoms with Gasteiger partial charge in [0.05, 0.1) is 5.69 Å². The molecule has 0 unspecified atom stereocenters. The predicted molar refractivity (Wildman–Crippen MR) is 145 cm³/mol. The van der Waals surface area contributed by atoms with Crippen LogP contribution < -0.4 is 0 Å². The maximum Gasteiger partial charge on any atom is 0.155 e. The molecule has 0 aromatic carbocycles. The number of aromatic nitrogens is 7. The number of piperidine rings is 1. The van der Waals surface area contributed by atoms with Crippen LogP contribution in [-0.2, 0) is 6.54 Å².